The molecule has 0 aliphatic heterocycles. The zero-order valence-electron chi connectivity index (χ0n) is 12.6. The van der Waals surface area contributed by atoms with Crippen molar-refractivity contribution in [1.29, 1.82) is 0 Å². The molecule has 112 valence electrons. The van der Waals surface area contributed by atoms with E-state index in [9.17, 15) is 4.79 Å². The van der Waals surface area contributed by atoms with Crippen molar-refractivity contribution >= 4 is 17.5 Å². The molecular weight excluding hydrogens is 258 g/mol. The van der Waals surface area contributed by atoms with Crippen LogP contribution in [0.1, 0.15) is 19.2 Å². The fourth-order valence-electron chi connectivity index (χ4n) is 1.57. The Morgan fingerprint density at radius 2 is 1.95 bits per heavy atom. The second-order valence-corrected chi connectivity index (χ2v) is 4.48. The van der Waals surface area contributed by atoms with Gasteiger partial charge in [-0.3, -0.25) is 4.79 Å². The number of rotatable bonds is 8. The third-order valence-corrected chi connectivity index (χ3v) is 2.55. The molecular formula is C13H23N5O2. The van der Waals surface area contributed by atoms with E-state index < -0.39 is 0 Å². The molecule has 1 amide bonds. The standard InChI is InChI=1S/C13H23N5O2/c1-5-14-10-8-11(17-12(16-10)9-20-4)15-7-6-13(19)18(2)3/h8H,5-7,9H2,1-4H3,(H2,14,15,16,17). The molecule has 0 atom stereocenters. The Bertz CT molecular complexity index is 413. The van der Waals surface area contributed by atoms with Gasteiger partial charge < -0.3 is 20.3 Å². The molecule has 0 aliphatic rings. The lowest BCUT2D eigenvalue weighted by Crippen LogP contribution is -2.24. The molecule has 0 unspecified atom stereocenters. The summed E-state index contributed by atoms with van der Waals surface area (Å²) in [6.45, 7) is 3.67. The molecule has 0 bridgehead atoms. The number of aromatic nitrogens is 2. The SMILES string of the molecule is CCNc1cc(NCCC(=O)N(C)C)nc(COC)n1. The van der Waals surface area contributed by atoms with Crippen LogP contribution in [-0.4, -0.2) is 55.1 Å². The highest BCUT2D eigenvalue weighted by Crippen LogP contribution is 2.12. The monoisotopic (exact) mass is 281 g/mol. The van der Waals surface area contributed by atoms with Gasteiger partial charge in [-0.15, -0.1) is 0 Å². The van der Waals surface area contributed by atoms with Crippen molar-refractivity contribution in [3.63, 3.8) is 0 Å². The van der Waals surface area contributed by atoms with E-state index in [2.05, 4.69) is 20.6 Å². The molecule has 20 heavy (non-hydrogen) atoms. The van der Waals surface area contributed by atoms with Gasteiger partial charge in [-0.1, -0.05) is 0 Å². The predicted molar refractivity (Wildman–Crippen MR) is 78.7 cm³/mol. The van der Waals surface area contributed by atoms with Gasteiger partial charge >= 0.3 is 0 Å². The number of amides is 1. The summed E-state index contributed by atoms with van der Waals surface area (Å²) >= 11 is 0. The Balaban J connectivity index is 2.65. The molecule has 7 nitrogen and oxygen atoms in total. The first-order chi connectivity index (χ1) is 9.56. The number of hydrogen-bond acceptors (Lipinski definition) is 6. The molecule has 0 aliphatic carbocycles. The molecule has 1 aromatic heterocycles. The molecule has 7 heteroatoms. The van der Waals surface area contributed by atoms with Crippen LogP contribution in [0.3, 0.4) is 0 Å². The Labute approximate surface area is 119 Å². The maximum atomic E-state index is 11.5. The maximum Gasteiger partial charge on any atom is 0.223 e. The average Bonchev–Trinajstić information content (AvgIpc) is 2.39. The summed E-state index contributed by atoms with van der Waals surface area (Å²) < 4.78 is 5.05. The van der Waals surface area contributed by atoms with Gasteiger partial charge in [0, 0.05) is 46.8 Å². The Morgan fingerprint density at radius 1 is 1.30 bits per heavy atom. The first-order valence-corrected chi connectivity index (χ1v) is 6.61. The van der Waals surface area contributed by atoms with Crippen LogP contribution >= 0.6 is 0 Å². The van der Waals surface area contributed by atoms with Gasteiger partial charge in [0.1, 0.15) is 18.2 Å². The maximum absolute atomic E-state index is 11.5. The molecule has 0 saturated heterocycles. The number of carbonyl (C=O) groups is 1. The lowest BCUT2D eigenvalue weighted by molar-refractivity contribution is -0.128. The zero-order chi connectivity index (χ0) is 15.0. The van der Waals surface area contributed by atoms with Gasteiger partial charge in [0.05, 0.1) is 0 Å². The van der Waals surface area contributed by atoms with Crippen LogP contribution in [0, 0.1) is 0 Å². The van der Waals surface area contributed by atoms with Crippen molar-refractivity contribution < 1.29 is 9.53 Å². The molecule has 2 N–H and O–H groups in total. The van der Waals surface area contributed by atoms with Gasteiger partial charge in [-0.25, -0.2) is 9.97 Å². The van der Waals surface area contributed by atoms with Crippen molar-refractivity contribution in [2.45, 2.75) is 20.0 Å². The van der Waals surface area contributed by atoms with Gasteiger partial charge in [-0.2, -0.15) is 0 Å². The summed E-state index contributed by atoms with van der Waals surface area (Å²) in [5, 5.41) is 6.28. The predicted octanol–water partition coefficient (Wildman–Crippen LogP) is 0.945. The third-order valence-electron chi connectivity index (χ3n) is 2.55. The fraction of sp³-hybridized carbons (Fsp3) is 0.615. The lowest BCUT2D eigenvalue weighted by Gasteiger charge is -2.12. The van der Waals surface area contributed by atoms with Crippen LogP contribution in [0.25, 0.3) is 0 Å². The van der Waals surface area contributed by atoms with Gasteiger partial charge in [0.15, 0.2) is 5.82 Å². The summed E-state index contributed by atoms with van der Waals surface area (Å²) in [4.78, 5) is 21.7. The quantitative estimate of drug-likeness (QED) is 0.738. The van der Waals surface area contributed by atoms with E-state index in [1.165, 1.54) is 0 Å². The van der Waals surface area contributed by atoms with Crippen LogP contribution in [0.15, 0.2) is 6.07 Å². The number of anilines is 2. The topological polar surface area (TPSA) is 79.4 Å². The van der Waals surface area contributed by atoms with E-state index in [0.717, 1.165) is 12.4 Å². The molecule has 0 aromatic carbocycles. The van der Waals surface area contributed by atoms with Gasteiger partial charge in [-0.05, 0) is 6.92 Å². The van der Waals surface area contributed by atoms with Crippen LogP contribution in [-0.2, 0) is 16.1 Å². The second-order valence-electron chi connectivity index (χ2n) is 4.48. The fourth-order valence-corrected chi connectivity index (χ4v) is 1.57. The zero-order valence-corrected chi connectivity index (χ0v) is 12.6. The van der Waals surface area contributed by atoms with Crippen LogP contribution in [0.2, 0.25) is 0 Å². The van der Waals surface area contributed by atoms with Gasteiger partial charge in [0.25, 0.3) is 0 Å². The van der Waals surface area contributed by atoms with Crippen molar-refractivity contribution in [2.75, 3.05) is 44.9 Å². The number of carbonyl (C=O) groups excluding carboxylic acids is 1. The van der Waals surface area contributed by atoms with E-state index in [4.69, 9.17) is 4.74 Å². The van der Waals surface area contributed by atoms with E-state index in [1.807, 2.05) is 13.0 Å². The van der Waals surface area contributed by atoms with Crippen molar-refractivity contribution in [1.82, 2.24) is 14.9 Å². The summed E-state index contributed by atoms with van der Waals surface area (Å²) in [7, 11) is 5.09. The third kappa shape index (κ3) is 5.40. The summed E-state index contributed by atoms with van der Waals surface area (Å²) in [6.07, 6.45) is 0.424. The van der Waals surface area contributed by atoms with E-state index in [1.54, 1.807) is 26.1 Å². The molecule has 1 aromatic rings. The summed E-state index contributed by atoms with van der Waals surface area (Å²) in [5.41, 5.74) is 0. The van der Waals surface area contributed by atoms with Crippen LogP contribution in [0.5, 0.6) is 0 Å². The Kier molecular flexibility index (Phi) is 6.72. The molecule has 0 spiro atoms. The van der Waals surface area contributed by atoms with Crippen molar-refractivity contribution in [2.24, 2.45) is 0 Å². The highest BCUT2D eigenvalue weighted by molar-refractivity contribution is 5.76. The van der Waals surface area contributed by atoms with E-state index >= 15 is 0 Å². The number of ether oxygens (including phenoxy) is 1. The molecule has 1 heterocycles. The minimum atomic E-state index is 0.0792. The van der Waals surface area contributed by atoms with E-state index in [0.29, 0.717) is 31.2 Å². The highest BCUT2D eigenvalue weighted by atomic mass is 16.5. The largest absolute Gasteiger partial charge is 0.377 e. The minimum Gasteiger partial charge on any atom is -0.377 e. The van der Waals surface area contributed by atoms with Crippen molar-refractivity contribution in [3.8, 4) is 0 Å². The normalized spacial score (nSPS) is 10.2. The molecule has 1 rings (SSSR count). The first kappa shape index (κ1) is 16.2. The second kappa shape index (κ2) is 8.31. The summed E-state index contributed by atoms with van der Waals surface area (Å²) in [5.74, 6) is 2.12. The molecule has 0 fully saturated rings. The Morgan fingerprint density at radius 3 is 2.50 bits per heavy atom. The molecule has 0 saturated carbocycles. The van der Waals surface area contributed by atoms with Crippen LogP contribution < -0.4 is 10.6 Å². The first-order valence-electron chi connectivity index (χ1n) is 6.61. The van der Waals surface area contributed by atoms with Crippen LogP contribution in [0.4, 0.5) is 11.6 Å². The average molecular weight is 281 g/mol. The number of hydrogen-bond donors (Lipinski definition) is 2. The molecule has 0 radical (unpaired) electrons. The summed E-state index contributed by atoms with van der Waals surface area (Å²) in [6, 6.07) is 1.82. The van der Waals surface area contributed by atoms with Crippen molar-refractivity contribution in [3.05, 3.63) is 11.9 Å². The highest BCUT2D eigenvalue weighted by Gasteiger charge is 2.06. The van der Waals surface area contributed by atoms with E-state index in [-0.39, 0.29) is 5.91 Å². The lowest BCUT2D eigenvalue weighted by atomic mass is 10.3. The smallest absolute Gasteiger partial charge is 0.223 e. The number of nitrogens with zero attached hydrogens (tertiary/aromatic N) is 3. The Hall–Kier alpha value is -1.89. The van der Waals surface area contributed by atoms with Gasteiger partial charge in [0.2, 0.25) is 5.91 Å². The number of methoxy groups -OCH3 is 1. The minimum absolute atomic E-state index is 0.0792. The number of nitrogens with one attached hydrogen (secondary N) is 2.